The van der Waals surface area contributed by atoms with Crippen molar-refractivity contribution in [3.8, 4) is 11.5 Å². The first-order valence-corrected chi connectivity index (χ1v) is 13.3. The molecule has 2 N–H and O–H groups in total. The van der Waals surface area contributed by atoms with Gasteiger partial charge in [0.05, 0.1) is 28.6 Å². The number of hydrogen-bond acceptors (Lipinski definition) is 5. The van der Waals surface area contributed by atoms with E-state index in [-0.39, 0.29) is 16.7 Å². The van der Waals surface area contributed by atoms with E-state index in [4.69, 9.17) is 55.9 Å². The second kappa shape index (κ2) is 14.8. The lowest BCUT2D eigenvalue weighted by molar-refractivity contribution is -0.126. The standard InChI is InChI=1S/C28H25Cl4N3O4/c1-3-6-18-11-17(12-24(38-4-2)28(18)39-16-19-9-10-20(29)13-22(19)31)15-33-35-26(37)14-25(36)34-23-8-5-7-21(30)27(23)32/h3,5,7-13,15H,1,4,6,14,16H2,2H3,(H,34,36)(H,35,37). The maximum Gasteiger partial charge on any atom is 0.249 e. The van der Waals surface area contributed by atoms with Crippen LogP contribution in [0.5, 0.6) is 11.5 Å². The number of anilines is 1. The molecule has 0 aliphatic rings. The van der Waals surface area contributed by atoms with Crippen LogP contribution in [0, 0.1) is 0 Å². The summed E-state index contributed by atoms with van der Waals surface area (Å²) in [6.07, 6.45) is 3.20. The van der Waals surface area contributed by atoms with Gasteiger partial charge in [0.25, 0.3) is 0 Å². The molecular formula is C28H25Cl4N3O4. The third-order valence-electron chi connectivity index (χ3n) is 5.15. The zero-order valence-electron chi connectivity index (χ0n) is 20.9. The lowest BCUT2D eigenvalue weighted by atomic mass is 10.1. The van der Waals surface area contributed by atoms with Gasteiger partial charge in [-0.15, -0.1) is 6.58 Å². The molecule has 0 fully saturated rings. The Labute approximate surface area is 246 Å². The topological polar surface area (TPSA) is 89.0 Å². The van der Waals surface area contributed by atoms with Crippen LogP contribution in [0.25, 0.3) is 0 Å². The SMILES string of the molecule is C=CCc1cc(C=NNC(=O)CC(=O)Nc2cccc(Cl)c2Cl)cc(OCC)c1OCc1ccc(Cl)cc1Cl. The molecule has 7 nitrogen and oxygen atoms in total. The summed E-state index contributed by atoms with van der Waals surface area (Å²) in [7, 11) is 0. The normalized spacial score (nSPS) is 10.8. The Bertz CT molecular complexity index is 1400. The first kappa shape index (κ1) is 30.3. The summed E-state index contributed by atoms with van der Waals surface area (Å²) in [5.41, 5.74) is 4.86. The van der Waals surface area contributed by atoms with Crippen LogP contribution >= 0.6 is 46.4 Å². The van der Waals surface area contributed by atoms with Crippen molar-refractivity contribution in [1.29, 1.82) is 0 Å². The minimum atomic E-state index is -0.613. The highest BCUT2D eigenvalue weighted by atomic mass is 35.5. The summed E-state index contributed by atoms with van der Waals surface area (Å²) in [5.74, 6) is -0.146. The number of nitrogens with zero attached hydrogens (tertiary/aromatic N) is 1. The third kappa shape index (κ3) is 8.90. The van der Waals surface area contributed by atoms with E-state index in [1.54, 1.807) is 48.5 Å². The van der Waals surface area contributed by atoms with Gasteiger partial charge in [0.2, 0.25) is 11.8 Å². The van der Waals surface area contributed by atoms with E-state index in [2.05, 4.69) is 22.4 Å². The lowest BCUT2D eigenvalue weighted by Crippen LogP contribution is -2.24. The molecule has 0 unspecified atom stereocenters. The van der Waals surface area contributed by atoms with Gasteiger partial charge in [0, 0.05) is 21.2 Å². The van der Waals surface area contributed by atoms with Crippen molar-refractivity contribution >= 4 is 70.1 Å². The fraction of sp³-hybridized carbons (Fsp3) is 0.179. The molecule has 11 heteroatoms. The Morgan fingerprint density at radius 1 is 0.974 bits per heavy atom. The predicted octanol–water partition coefficient (Wildman–Crippen LogP) is 7.49. The number of halogens is 4. The van der Waals surface area contributed by atoms with Crippen LogP contribution in [0.15, 0.2) is 66.3 Å². The molecule has 0 radical (unpaired) electrons. The van der Waals surface area contributed by atoms with E-state index in [9.17, 15) is 9.59 Å². The Balaban J connectivity index is 1.69. The molecule has 39 heavy (non-hydrogen) atoms. The Morgan fingerprint density at radius 2 is 1.77 bits per heavy atom. The summed E-state index contributed by atoms with van der Waals surface area (Å²) in [6, 6.07) is 13.6. The number of ether oxygens (including phenoxy) is 2. The molecule has 0 saturated carbocycles. The van der Waals surface area contributed by atoms with Gasteiger partial charge >= 0.3 is 0 Å². The van der Waals surface area contributed by atoms with Gasteiger partial charge in [-0.05, 0) is 55.3 Å². The number of hydrogen-bond donors (Lipinski definition) is 2. The molecule has 3 aromatic rings. The van der Waals surface area contributed by atoms with Crippen LogP contribution in [0.4, 0.5) is 5.69 Å². The number of nitrogens with one attached hydrogen (secondary N) is 2. The van der Waals surface area contributed by atoms with Crippen molar-refractivity contribution in [2.75, 3.05) is 11.9 Å². The van der Waals surface area contributed by atoms with Gasteiger partial charge in [-0.25, -0.2) is 5.43 Å². The van der Waals surface area contributed by atoms with Gasteiger partial charge in [0.1, 0.15) is 13.0 Å². The predicted molar refractivity (Wildman–Crippen MR) is 158 cm³/mol. The van der Waals surface area contributed by atoms with Crippen molar-refractivity contribution in [3.63, 3.8) is 0 Å². The summed E-state index contributed by atoms with van der Waals surface area (Å²) >= 11 is 24.3. The van der Waals surface area contributed by atoms with Crippen molar-refractivity contribution in [3.05, 3.63) is 98.0 Å². The largest absolute Gasteiger partial charge is 0.490 e. The van der Waals surface area contributed by atoms with Crippen molar-refractivity contribution < 1.29 is 19.1 Å². The minimum absolute atomic E-state index is 0.190. The Hall–Kier alpha value is -3.23. The smallest absolute Gasteiger partial charge is 0.249 e. The first-order valence-electron chi connectivity index (χ1n) is 11.7. The number of carbonyl (C=O) groups is 2. The van der Waals surface area contributed by atoms with Crippen molar-refractivity contribution in [1.82, 2.24) is 5.43 Å². The summed E-state index contributed by atoms with van der Waals surface area (Å²) in [6.45, 7) is 6.28. The van der Waals surface area contributed by atoms with Crippen LogP contribution in [-0.2, 0) is 22.6 Å². The fourth-order valence-electron chi connectivity index (χ4n) is 3.44. The number of benzene rings is 3. The van der Waals surface area contributed by atoms with Gasteiger partial charge in [-0.3, -0.25) is 9.59 Å². The van der Waals surface area contributed by atoms with E-state index in [1.807, 2.05) is 13.0 Å². The molecule has 2 amide bonds. The molecule has 0 spiro atoms. The van der Waals surface area contributed by atoms with E-state index in [1.165, 1.54) is 6.21 Å². The van der Waals surface area contributed by atoms with Crippen molar-refractivity contribution in [2.24, 2.45) is 5.10 Å². The maximum absolute atomic E-state index is 12.2. The Morgan fingerprint density at radius 3 is 2.49 bits per heavy atom. The Kier molecular flexibility index (Phi) is 11.5. The van der Waals surface area contributed by atoms with Crippen LogP contribution in [-0.4, -0.2) is 24.6 Å². The zero-order valence-corrected chi connectivity index (χ0v) is 23.9. The van der Waals surface area contributed by atoms with Gasteiger partial charge in [0.15, 0.2) is 11.5 Å². The highest BCUT2D eigenvalue weighted by Crippen LogP contribution is 2.35. The molecular weight excluding hydrogens is 584 g/mol. The molecule has 0 aliphatic carbocycles. The van der Waals surface area contributed by atoms with Crippen molar-refractivity contribution in [2.45, 2.75) is 26.4 Å². The fourth-order valence-corrected chi connectivity index (χ4v) is 4.25. The second-order valence-electron chi connectivity index (χ2n) is 8.08. The highest BCUT2D eigenvalue weighted by Gasteiger charge is 2.15. The average Bonchev–Trinajstić information content (AvgIpc) is 2.87. The number of amides is 2. The number of rotatable bonds is 12. The summed E-state index contributed by atoms with van der Waals surface area (Å²) in [5, 5.41) is 8.03. The molecule has 0 bridgehead atoms. The molecule has 3 rings (SSSR count). The highest BCUT2D eigenvalue weighted by molar-refractivity contribution is 6.44. The maximum atomic E-state index is 12.2. The number of allylic oxidation sites excluding steroid dienone is 1. The lowest BCUT2D eigenvalue weighted by Gasteiger charge is -2.17. The summed E-state index contributed by atoms with van der Waals surface area (Å²) in [4.78, 5) is 24.4. The summed E-state index contributed by atoms with van der Waals surface area (Å²) < 4.78 is 11.9. The zero-order chi connectivity index (χ0) is 28.4. The molecule has 3 aromatic carbocycles. The first-order chi connectivity index (χ1) is 18.7. The second-order valence-corrected chi connectivity index (χ2v) is 9.71. The number of carbonyl (C=O) groups excluding carboxylic acids is 2. The van der Waals surface area contributed by atoms with Crippen LogP contribution in [0.3, 0.4) is 0 Å². The average molecular weight is 609 g/mol. The van der Waals surface area contributed by atoms with Crippen LogP contribution in [0.1, 0.15) is 30.0 Å². The molecule has 0 atom stereocenters. The minimum Gasteiger partial charge on any atom is -0.490 e. The van der Waals surface area contributed by atoms with E-state index >= 15 is 0 Å². The third-order valence-corrected chi connectivity index (χ3v) is 6.56. The van der Waals surface area contributed by atoms with E-state index in [0.717, 1.165) is 11.1 Å². The monoisotopic (exact) mass is 607 g/mol. The van der Waals surface area contributed by atoms with Crippen LogP contribution in [0.2, 0.25) is 20.1 Å². The molecule has 0 saturated heterocycles. The van der Waals surface area contributed by atoms with Gasteiger partial charge in [-0.1, -0.05) is 64.6 Å². The van der Waals surface area contributed by atoms with Crippen LogP contribution < -0.4 is 20.2 Å². The van der Waals surface area contributed by atoms with E-state index < -0.39 is 18.2 Å². The molecule has 0 aromatic heterocycles. The molecule has 0 heterocycles. The number of hydrazone groups is 1. The molecule has 204 valence electrons. The molecule has 0 aliphatic heterocycles. The van der Waals surface area contributed by atoms with E-state index in [0.29, 0.717) is 45.8 Å². The quantitative estimate of drug-likeness (QED) is 0.0965. The van der Waals surface area contributed by atoms with Gasteiger partial charge in [-0.2, -0.15) is 5.10 Å². The van der Waals surface area contributed by atoms with Gasteiger partial charge < -0.3 is 14.8 Å².